The van der Waals surface area contributed by atoms with Crippen LogP contribution >= 0.6 is 0 Å². The number of nitrogens with one attached hydrogen (secondary N) is 2. The highest BCUT2D eigenvalue weighted by Crippen LogP contribution is 2.08. The number of hydrogen-bond acceptors (Lipinski definition) is 3. The first-order chi connectivity index (χ1) is 11.0. The van der Waals surface area contributed by atoms with Gasteiger partial charge in [-0.2, -0.15) is 0 Å². The van der Waals surface area contributed by atoms with Gasteiger partial charge < -0.3 is 15.5 Å². The molecule has 0 amide bonds. The lowest BCUT2D eigenvalue weighted by Crippen LogP contribution is -2.49. The summed E-state index contributed by atoms with van der Waals surface area (Å²) in [6.07, 6.45) is 3.80. The van der Waals surface area contributed by atoms with E-state index in [-0.39, 0.29) is 0 Å². The topological polar surface area (TPSA) is 42.9 Å². The fourth-order valence-corrected chi connectivity index (χ4v) is 2.99. The van der Waals surface area contributed by atoms with E-state index in [1.807, 2.05) is 7.05 Å². The van der Waals surface area contributed by atoms with Crippen LogP contribution in [-0.4, -0.2) is 74.7 Å². The minimum Gasteiger partial charge on any atom is -0.355 e. The van der Waals surface area contributed by atoms with E-state index in [1.165, 1.54) is 52.0 Å². The first kappa shape index (κ1) is 20.2. The van der Waals surface area contributed by atoms with E-state index < -0.39 is 0 Å². The Bertz CT molecular complexity index is 321. The molecule has 0 spiro atoms. The van der Waals surface area contributed by atoms with Crippen LogP contribution in [0.1, 0.15) is 47.0 Å². The van der Waals surface area contributed by atoms with E-state index in [9.17, 15) is 0 Å². The van der Waals surface area contributed by atoms with Crippen molar-refractivity contribution in [3.05, 3.63) is 0 Å². The van der Waals surface area contributed by atoms with Crippen molar-refractivity contribution < 1.29 is 0 Å². The molecule has 0 saturated carbocycles. The second-order valence-electron chi connectivity index (χ2n) is 7.15. The van der Waals surface area contributed by atoms with Crippen LogP contribution in [0.5, 0.6) is 0 Å². The Labute approximate surface area is 143 Å². The molecular weight excluding hydrogens is 286 g/mol. The van der Waals surface area contributed by atoms with E-state index in [2.05, 4.69) is 53.1 Å². The van der Waals surface area contributed by atoms with Gasteiger partial charge in [-0.3, -0.25) is 9.89 Å². The Kier molecular flexibility index (Phi) is 10.3. The van der Waals surface area contributed by atoms with Gasteiger partial charge in [0.1, 0.15) is 0 Å². The fourth-order valence-electron chi connectivity index (χ4n) is 2.99. The molecule has 1 saturated heterocycles. The van der Waals surface area contributed by atoms with Crippen LogP contribution < -0.4 is 10.6 Å². The highest BCUT2D eigenvalue weighted by Gasteiger charge is 2.14. The number of hydrogen-bond donors (Lipinski definition) is 2. The van der Waals surface area contributed by atoms with Crippen molar-refractivity contribution in [2.24, 2.45) is 10.9 Å². The molecular formula is C18H39N5. The second kappa shape index (κ2) is 11.7. The SMILES string of the molecule is CCN1CCN(CCNC(=NC)NC(C)CCCC(C)C)CC1. The highest BCUT2D eigenvalue weighted by atomic mass is 15.3. The average molecular weight is 326 g/mol. The maximum Gasteiger partial charge on any atom is 0.191 e. The van der Waals surface area contributed by atoms with Gasteiger partial charge in [0.25, 0.3) is 0 Å². The summed E-state index contributed by atoms with van der Waals surface area (Å²) in [7, 11) is 1.86. The first-order valence-electron chi connectivity index (χ1n) is 9.47. The molecule has 1 rings (SSSR count). The normalized spacial score (nSPS) is 19.1. The molecule has 1 heterocycles. The molecule has 0 aliphatic carbocycles. The number of aliphatic imine (C=N–C) groups is 1. The molecule has 2 N–H and O–H groups in total. The molecule has 1 aliphatic heterocycles. The van der Waals surface area contributed by atoms with E-state index >= 15 is 0 Å². The lowest BCUT2D eigenvalue weighted by molar-refractivity contribution is 0.139. The molecule has 1 aliphatic rings. The third kappa shape index (κ3) is 9.16. The minimum absolute atomic E-state index is 0.480. The van der Waals surface area contributed by atoms with Crippen molar-refractivity contribution in [1.29, 1.82) is 0 Å². The molecule has 23 heavy (non-hydrogen) atoms. The van der Waals surface area contributed by atoms with Gasteiger partial charge in [-0.1, -0.05) is 33.6 Å². The predicted octanol–water partition coefficient (Wildman–Crippen LogP) is 2.00. The Morgan fingerprint density at radius 1 is 1.04 bits per heavy atom. The largest absolute Gasteiger partial charge is 0.355 e. The lowest BCUT2D eigenvalue weighted by Gasteiger charge is -2.34. The highest BCUT2D eigenvalue weighted by molar-refractivity contribution is 5.79. The first-order valence-corrected chi connectivity index (χ1v) is 9.47. The number of piperazine rings is 1. The summed E-state index contributed by atoms with van der Waals surface area (Å²) < 4.78 is 0. The summed E-state index contributed by atoms with van der Waals surface area (Å²) in [6, 6.07) is 0.480. The van der Waals surface area contributed by atoms with Crippen LogP contribution in [0.2, 0.25) is 0 Å². The molecule has 0 aromatic carbocycles. The summed E-state index contributed by atoms with van der Waals surface area (Å²) in [5, 5.41) is 6.96. The van der Waals surface area contributed by atoms with Crippen LogP contribution in [-0.2, 0) is 0 Å². The van der Waals surface area contributed by atoms with Crippen molar-refractivity contribution in [3.63, 3.8) is 0 Å². The smallest absolute Gasteiger partial charge is 0.191 e. The number of likely N-dealkylation sites (N-methyl/N-ethyl adjacent to an activating group) is 1. The third-order valence-electron chi connectivity index (χ3n) is 4.66. The summed E-state index contributed by atoms with van der Waals surface area (Å²) in [5.41, 5.74) is 0. The van der Waals surface area contributed by atoms with Crippen LogP contribution in [0.4, 0.5) is 0 Å². The molecule has 1 atom stereocenters. The molecule has 0 aromatic rings. The van der Waals surface area contributed by atoms with Crippen molar-refractivity contribution in [2.75, 3.05) is 52.9 Å². The molecule has 1 unspecified atom stereocenters. The predicted molar refractivity (Wildman–Crippen MR) is 101 cm³/mol. The quantitative estimate of drug-likeness (QED) is 0.503. The van der Waals surface area contributed by atoms with E-state index in [0.29, 0.717) is 6.04 Å². The van der Waals surface area contributed by atoms with Crippen molar-refractivity contribution in [1.82, 2.24) is 20.4 Å². The van der Waals surface area contributed by atoms with Gasteiger partial charge in [-0.15, -0.1) is 0 Å². The molecule has 0 aromatic heterocycles. The number of rotatable bonds is 9. The third-order valence-corrected chi connectivity index (χ3v) is 4.66. The zero-order valence-electron chi connectivity index (χ0n) is 16.1. The summed E-state index contributed by atoms with van der Waals surface area (Å²) in [6.45, 7) is 17.1. The number of nitrogens with zero attached hydrogens (tertiary/aromatic N) is 3. The van der Waals surface area contributed by atoms with Crippen LogP contribution in [0.15, 0.2) is 4.99 Å². The van der Waals surface area contributed by atoms with E-state index in [0.717, 1.165) is 25.0 Å². The molecule has 5 heteroatoms. The standard InChI is InChI=1S/C18H39N5/c1-6-22-12-14-23(15-13-22)11-10-20-18(19-5)21-17(4)9-7-8-16(2)3/h16-17H,6-15H2,1-5H3,(H2,19,20,21). The van der Waals surface area contributed by atoms with Gasteiger partial charge in [0.05, 0.1) is 0 Å². The molecule has 0 radical (unpaired) electrons. The fraction of sp³-hybridized carbons (Fsp3) is 0.944. The Balaban J connectivity index is 2.14. The number of guanidine groups is 1. The zero-order valence-corrected chi connectivity index (χ0v) is 16.1. The second-order valence-corrected chi connectivity index (χ2v) is 7.15. The van der Waals surface area contributed by atoms with Crippen LogP contribution in [0, 0.1) is 5.92 Å². The lowest BCUT2D eigenvalue weighted by atomic mass is 10.0. The van der Waals surface area contributed by atoms with E-state index in [4.69, 9.17) is 0 Å². The minimum atomic E-state index is 0.480. The molecule has 1 fully saturated rings. The Hall–Kier alpha value is -0.810. The zero-order chi connectivity index (χ0) is 17.1. The van der Waals surface area contributed by atoms with Crippen molar-refractivity contribution in [2.45, 2.75) is 53.0 Å². The maximum absolute atomic E-state index is 4.35. The van der Waals surface area contributed by atoms with Gasteiger partial charge in [-0.25, -0.2) is 0 Å². The van der Waals surface area contributed by atoms with Gasteiger partial charge in [-0.05, 0) is 25.8 Å². The van der Waals surface area contributed by atoms with Gasteiger partial charge in [0.2, 0.25) is 0 Å². The van der Waals surface area contributed by atoms with Gasteiger partial charge >= 0.3 is 0 Å². The van der Waals surface area contributed by atoms with Gasteiger partial charge in [0, 0.05) is 52.4 Å². The van der Waals surface area contributed by atoms with Crippen LogP contribution in [0.25, 0.3) is 0 Å². The molecule has 136 valence electrons. The Morgan fingerprint density at radius 3 is 2.26 bits per heavy atom. The van der Waals surface area contributed by atoms with E-state index in [1.54, 1.807) is 0 Å². The summed E-state index contributed by atoms with van der Waals surface area (Å²) >= 11 is 0. The van der Waals surface area contributed by atoms with Gasteiger partial charge in [0.15, 0.2) is 5.96 Å². The monoisotopic (exact) mass is 325 g/mol. The van der Waals surface area contributed by atoms with Crippen molar-refractivity contribution >= 4 is 5.96 Å². The summed E-state index contributed by atoms with van der Waals surface area (Å²) in [5.74, 6) is 1.74. The Morgan fingerprint density at radius 2 is 1.70 bits per heavy atom. The summed E-state index contributed by atoms with van der Waals surface area (Å²) in [4.78, 5) is 9.40. The maximum atomic E-state index is 4.35. The van der Waals surface area contributed by atoms with Crippen LogP contribution in [0.3, 0.4) is 0 Å². The molecule has 5 nitrogen and oxygen atoms in total. The average Bonchev–Trinajstić information content (AvgIpc) is 2.54. The molecule has 0 bridgehead atoms. The van der Waals surface area contributed by atoms with Crippen molar-refractivity contribution in [3.8, 4) is 0 Å².